The van der Waals surface area contributed by atoms with Gasteiger partial charge in [-0.05, 0) is 125 Å². The third-order valence-electron chi connectivity index (χ3n) is 10.1. The molecule has 5 heterocycles. The summed E-state index contributed by atoms with van der Waals surface area (Å²) in [6, 6.07) is 2.06. The molecule has 0 radical (unpaired) electrons. The van der Waals surface area contributed by atoms with E-state index in [4.69, 9.17) is 27.9 Å². The van der Waals surface area contributed by atoms with E-state index in [2.05, 4.69) is 25.9 Å². The Labute approximate surface area is 300 Å². The Bertz CT molecular complexity index is 1460. The fraction of sp³-hybridized carbons (Fsp3) is 0.688. The molecule has 18 heteroatoms. The standard InChI is InChI=1S/C13H17BF3NO2.C12H24B2O4.C7H5BrF3N/c1-8-10(13(15,16)17)6-9(7-18-8)14-19-11(2,3)12(4,5)20-14;1-9(2)10(3,4)16-13(15-9)14-17-11(5,6)12(7,8)18-14;1-4-6(7(9,10)11)2-5(8)3-12-4/h6-7H,1-5H3;1-8H3;2-3H,1H3. The molecule has 0 bridgehead atoms. The number of hydrogen-bond acceptors (Lipinski definition) is 8. The lowest BCUT2D eigenvalue weighted by atomic mass is 9.49. The molecule has 0 aromatic carbocycles. The number of aromatic nitrogens is 2. The van der Waals surface area contributed by atoms with E-state index in [1.165, 1.54) is 26.2 Å². The molecule has 50 heavy (non-hydrogen) atoms. The first-order chi connectivity index (χ1) is 22.2. The Hall–Kier alpha value is -1.69. The van der Waals surface area contributed by atoms with Crippen LogP contribution in [-0.4, -0.2) is 64.7 Å². The molecule has 0 aliphatic carbocycles. The van der Waals surface area contributed by atoms with Crippen LogP contribution in [0.1, 0.15) is 106 Å². The number of rotatable bonds is 2. The third kappa shape index (κ3) is 9.27. The molecule has 5 rings (SSSR count). The van der Waals surface area contributed by atoms with E-state index in [1.807, 2.05) is 83.1 Å². The molecular weight excluding hydrogens is 735 g/mol. The van der Waals surface area contributed by atoms with E-state index in [9.17, 15) is 26.3 Å². The Kier molecular flexibility index (Phi) is 11.9. The van der Waals surface area contributed by atoms with Gasteiger partial charge in [-0.1, -0.05) is 0 Å². The smallest absolute Gasteiger partial charge is 0.405 e. The van der Waals surface area contributed by atoms with Gasteiger partial charge in [0.25, 0.3) is 0 Å². The normalized spacial score (nSPS) is 22.9. The number of alkyl halides is 6. The summed E-state index contributed by atoms with van der Waals surface area (Å²) in [6.45, 7) is 26.3. The predicted molar refractivity (Wildman–Crippen MR) is 184 cm³/mol. The summed E-state index contributed by atoms with van der Waals surface area (Å²) < 4.78 is 111. The van der Waals surface area contributed by atoms with Crippen molar-refractivity contribution in [3.8, 4) is 0 Å². The quantitative estimate of drug-likeness (QED) is 0.224. The van der Waals surface area contributed by atoms with Gasteiger partial charge in [0.2, 0.25) is 0 Å². The maximum atomic E-state index is 12.9. The molecule has 3 fully saturated rings. The van der Waals surface area contributed by atoms with Crippen molar-refractivity contribution in [1.29, 1.82) is 0 Å². The van der Waals surface area contributed by atoms with Gasteiger partial charge in [-0.2, -0.15) is 26.3 Å². The van der Waals surface area contributed by atoms with E-state index in [1.54, 1.807) is 0 Å². The molecular formula is C32H46B3BrF6N2O6. The largest absolute Gasteiger partial charge is 0.496 e. The van der Waals surface area contributed by atoms with Crippen LogP contribution in [0.2, 0.25) is 0 Å². The summed E-state index contributed by atoms with van der Waals surface area (Å²) in [6.07, 6.45) is -6.05. The molecule has 0 atom stereocenters. The van der Waals surface area contributed by atoms with Crippen LogP contribution in [0, 0.1) is 13.8 Å². The second-order valence-electron chi connectivity index (χ2n) is 15.5. The molecule has 2 aromatic rings. The number of pyridine rings is 2. The lowest BCUT2D eigenvalue weighted by molar-refractivity contribution is -0.139. The molecule has 278 valence electrons. The van der Waals surface area contributed by atoms with E-state index in [0.29, 0.717) is 4.47 Å². The average Bonchev–Trinajstić information content (AvgIpc) is 3.38. The van der Waals surface area contributed by atoms with Gasteiger partial charge in [-0.3, -0.25) is 9.97 Å². The molecule has 0 saturated carbocycles. The Balaban J connectivity index is 0.000000209. The van der Waals surface area contributed by atoms with Crippen LogP contribution in [-0.2, 0) is 40.3 Å². The van der Waals surface area contributed by atoms with Crippen molar-refractivity contribution in [2.45, 2.75) is 143 Å². The Morgan fingerprint density at radius 1 is 0.520 bits per heavy atom. The molecule has 0 spiro atoms. The van der Waals surface area contributed by atoms with Crippen LogP contribution in [0.3, 0.4) is 0 Å². The number of nitrogens with zero attached hydrogens (tertiary/aromatic N) is 2. The van der Waals surface area contributed by atoms with Gasteiger partial charge in [0.1, 0.15) is 0 Å². The fourth-order valence-corrected chi connectivity index (χ4v) is 5.07. The minimum absolute atomic E-state index is 0.00861. The SMILES string of the molecule is CC1(C)OB(B2OC(C)(C)C(C)(C)O2)OC1(C)C.Cc1ncc(B2OC(C)(C)C(C)(C)O2)cc1C(F)(F)F.Cc1ncc(Br)cc1C(F)(F)F. The van der Waals surface area contributed by atoms with Crippen molar-refractivity contribution in [1.82, 2.24) is 9.97 Å². The van der Waals surface area contributed by atoms with Gasteiger partial charge >= 0.3 is 33.5 Å². The van der Waals surface area contributed by atoms with Crippen LogP contribution in [0.5, 0.6) is 0 Å². The van der Waals surface area contributed by atoms with Crippen molar-refractivity contribution in [2.75, 3.05) is 0 Å². The summed E-state index contributed by atoms with van der Waals surface area (Å²) in [5.74, 6) is 0. The zero-order valence-electron chi connectivity index (χ0n) is 31.0. The topological polar surface area (TPSA) is 81.2 Å². The highest BCUT2D eigenvalue weighted by molar-refractivity contribution is 9.10. The van der Waals surface area contributed by atoms with Crippen molar-refractivity contribution in [3.05, 3.63) is 51.5 Å². The van der Waals surface area contributed by atoms with Crippen LogP contribution in [0.15, 0.2) is 29.0 Å². The van der Waals surface area contributed by atoms with Gasteiger partial charge in [0.15, 0.2) is 0 Å². The van der Waals surface area contributed by atoms with Gasteiger partial charge in [0.05, 0.1) is 44.7 Å². The lowest BCUT2D eigenvalue weighted by Crippen LogP contribution is -2.41. The minimum Gasteiger partial charge on any atom is -0.405 e. The van der Waals surface area contributed by atoms with Crippen molar-refractivity contribution in [3.63, 3.8) is 0 Å². The highest BCUT2D eigenvalue weighted by Crippen LogP contribution is 2.43. The van der Waals surface area contributed by atoms with E-state index < -0.39 is 55.8 Å². The van der Waals surface area contributed by atoms with Crippen LogP contribution >= 0.6 is 15.9 Å². The second kappa shape index (κ2) is 13.9. The van der Waals surface area contributed by atoms with Crippen LogP contribution in [0.25, 0.3) is 0 Å². The molecule has 2 aromatic heterocycles. The van der Waals surface area contributed by atoms with Crippen molar-refractivity contribution in [2.24, 2.45) is 0 Å². The molecule has 3 aliphatic rings. The Morgan fingerprint density at radius 3 is 1.14 bits per heavy atom. The van der Waals surface area contributed by atoms with Crippen molar-refractivity contribution >= 4 is 42.5 Å². The van der Waals surface area contributed by atoms with Gasteiger partial charge in [-0.15, -0.1) is 0 Å². The highest BCUT2D eigenvalue weighted by Gasteiger charge is 2.63. The summed E-state index contributed by atoms with van der Waals surface area (Å²) in [5, 5.41) is 0. The van der Waals surface area contributed by atoms with Crippen LogP contribution < -0.4 is 5.46 Å². The average molecular weight is 781 g/mol. The van der Waals surface area contributed by atoms with Crippen molar-refractivity contribution < 1.29 is 54.3 Å². The molecule has 0 N–H and O–H groups in total. The van der Waals surface area contributed by atoms with E-state index >= 15 is 0 Å². The molecule has 0 unspecified atom stereocenters. The fourth-order valence-electron chi connectivity index (χ4n) is 4.74. The zero-order valence-corrected chi connectivity index (χ0v) is 32.6. The van der Waals surface area contributed by atoms with Gasteiger partial charge in [-0.25, -0.2) is 0 Å². The summed E-state index contributed by atoms with van der Waals surface area (Å²) in [7, 11) is -1.79. The molecule has 8 nitrogen and oxygen atoms in total. The van der Waals surface area contributed by atoms with E-state index in [-0.39, 0.29) is 39.3 Å². The minimum atomic E-state index is -4.43. The van der Waals surface area contributed by atoms with Gasteiger partial charge in [0, 0.05) is 33.7 Å². The first-order valence-electron chi connectivity index (χ1n) is 16.0. The summed E-state index contributed by atoms with van der Waals surface area (Å²) >= 11 is 2.93. The predicted octanol–water partition coefficient (Wildman–Crippen LogP) is 8.13. The molecule has 3 aliphatic heterocycles. The van der Waals surface area contributed by atoms with Crippen LogP contribution in [0.4, 0.5) is 26.3 Å². The van der Waals surface area contributed by atoms with Gasteiger partial charge < -0.3 is 27.9 Å². The molecule has 3 saturated heterocycles. The third-order valence-corrected chi connectivity index (χ3v) is 10.5. The first-order valence-corrected chi connectivity index (χ1v) is 16.8. The highest BCUT2D eigenvalue weighted by atomic mass is 79.9. The molecule has 0 amide bonds. The summed E-state index contributed by atoms with van der Waals surface area (Å²) in [5.41, 5.74) is -3.88. The second-order valence-corrected chi connectivity index (χ2v) is 16.4. The number of aryl methyl sites for hydroxylation is 2. The number of halogens is 7. The Morgan fingerprint density at radius 2 is 0.820 bits per heavy atom. The maximum Gasteiger partial charge on any atom is 0.496 e. The zero-order chi connectivity index (χ0) is 38.7. The lowest BCUT2D eigenvalue weighted by Gasteiger charge is -2.32. The van der Waals surface area contributed by atoms with E-state index in [0.717, 1.165) is 12.1 Å². The first kappa shape index (κ1) is 42.7. The maximum absolute atomic E-state index is 12.9. The number of hydrogen-bond donors (Lipinski definition) is 0. The summed E-state index contributed by atoms with van der Waals surface area (Å²) in [4.78, 5) is 7.38. The monoisotopic (exact) mass is 780 g/mol.